The molecule has 1 aliphatic carbocycles. The van der Waals surface area contributed by atoms with Crippen molar-refractivity contribution in [3.63, 3.8) is 0 Å². The van der Waals surface area contributed by atoms with E-state index < -0.39 is 11.7 Å². The first-order chi connectivity index (χ1) is 16.2. The molecule has 0 aromatic heterocycles. The molecule has 0 saturated heterocycles. The molecule has 4 heteroatoms. The van der Waals surface area contributed by atoms with Gasteiger partial charge in [0.05, 0.1) is 5.56 Å². The van der Waals surface area contributed by atoms with Crippen LogP contribution in [0.15, 0.2) is 96.6 Å². The van der Waals surface area contributed by atoms with Gasteiger partial charge in [0, 0.05) is 11.7 Å². The van der Waals surface area contributed by atoms with Gasteiger partial charge in [0.15, 0.2) is 0 Å². The van der Waals surface area contributed by atoms with E-state index in [0.29, 0.717) is 5.56 Å². The van der Waals surface area contributed by atoms with Gasteiger partial charge in [-0.2, -0.15) is 13.2 Å². The predicted molar refractivity (Wildman–Crippen MR) is 135 cm³/mol. The minimum atomic E-state index is -4.38. The third kappa shape index (κ3) is 5.69. The first-order valence-corrected chi connectivity index (χ1v) is 11.4. The molecule has 0 radical (unpaired) electrons. The van der Waals surface area contributed by atoms with Crippen molar-refractivity contribution >= 4 is 11.3 Å². The van der Waals surface area contributed by atoms with Crippen LogP contribution in [-0.4, -0.2) is 6.04 Å². The van der Waals surface area contributed by atoms with E-state index in [9.17, 15) is 13.2 Å². The summed E-state index contributed by atoms with van der Waals surface area (Å²) in [5, 5.41) is 3.54. The molecule has 1 nitrogen and oxygen atoms in total. The third-order valence-corrected chi connectivity index (χ3v) is 6.16. The monoisotopic (exact) mass is 459 g/mol. The number of anilines is 1. The highest BCUT2D eigenvalue weighted by atomic mass is 19.4. The number of nitrogens with one attached hydrogen (secondary N) is 1. The second-order valence-corrected chi connectivity index (χ2v) is 8.85. The summed E-state index contributed by atoms with van der Waals surface area (Å²) < 4.78 is 40.1. The van der Waals surface area contributed by atoms with Crippen molar-refractivity contribution in [1.82, 2.24) is 0 Å². The zero-order valence-electron chi connectivity index (χ0n) is 19.6. The molecule has 3 aromatic carbocycles. The van der Waals surface area contributed by atoms with Gasteiger partial charge >= 0.3 is 6.18 Å². The first kappa shape index (κ1) is 23.6. The highest BCUT2D eigenvalue weighted by Gasteiger charge is 2.30. The van der Waals surface area contributed by atoms with Gasteiger partial charge in [0.2, 0.25) is 0 Å². The van der Waals surface area contributed by atoms with Gasteiger partial charge in [0.25, 0.3) is 0 Å². The smallest absolute Gasteiger partial charge is 0.379 e. The van der Waals surface area contributed by atoms with Gasteiger partial charge in [-0.3, -0.25) is 0 Å². The number of alkyl halides is 3. The number of benzene rings is 3. The maximum absolute atomic E-state index is 13.4. The Kier molecular flexibility index (Phi) is 6.78. The minimum absolute atomic E-state index is 0.163. The zero-order valence-corrected chi connectivity index (χ0v) is 19.6. The summed E-state index contributed by atoms with van der Waals surface area (Å²) >= 11 is 0. The molecule has 0 fully saturated rings. The molecule has 1 N–H and O–H groups in total. The van der Waals surface area contributed by atoms with Crippen molar-refractivity contribution in [1.29, 1.82) is 0 Å². The van der Waals surface area contributed by atoms with Crippen LogP contribution in [0.4, 0.5) is 18.9 Å². The SMILES string of the molecule is Cc1ccc(C(=CC2=CCC(Nc3ccc(C)c(C)c3)C=C2)c2cccc(C(F)(F)F)c2)cc1. The summed E-state index contributed by atoms with van der Waals surface area (Å²) in [6.45, 7) is 6.18. The molecule has 174 valence electrons. The van der Waals surface area contributed by atoms with Crippen molar-refractivity contribution in [2.45, 2.75) is 39.4 Å². The van der Waals surface area contributed by atoms with E-state index in [1.54, 1.807) is 6.07 Å². The van der Waals surface area contributed by atoms with Gasteiger partial charge in [-0.25, -0.2) is 0 Å². The van der Waals surface area contributed by atoms with Crippen molar-refractivity contribution < 1.29 is 13.2 Å². The lowest BCUT2D eigenvalue weighted by Crippen LogP contribution is -2.17. The third-order valence-electron chi connectivity index (χ3n) is 6.16. The second kappa shape index (κ2) is 9.76. The number of halogens is 3. The molecule has 4 rings (SSSR count). The van der Waals surface area contributed by atoms with Crippen LogP contribution in [0.25, 0.3) is 5.57 Å². The Balaban J connectivity index is 1.62. The van der Waals surface area contributed by atoms with Crippen LogP contribution in [-0.2, 0) is 6.18 Å². The Morgan fingerprint density at radius 3 is 2.29 bits per heavy atom. The molecule has 3 aromatic rings. The molecule has 0 amide bonds. The molecular weight excluding hydrogens is 431 g/mol. The van der Waals surface area contributed by atoms with Gasteiger partial charge < -0.3 is 5.32 Å². The largest absolute Gasteiger partial charge is 0.416 e. The summed E-state index contributed by atoms with van der Waals surface area (Å²) in [4.78, 5) is 0. The van der Waals surface area contributed by atoms with Crippen LogP contribution in [0.1, 0.15) is 39.8 Å². The lowest BCUT2D eigenvalue weighted by Gasteiger charge is -2.19. The number of aryl methyl sites for hydroxylation is 3. The second-order valence-electron chi connectivity index (χ2n) is 8.85. The van der Waals surface area contributed by atoms with E-state index in [4.69, 9.17) is 0 Å². The molecule has 0 heterocycles. The summed E-state index contributed by atoms with van der Waals surface area (Å²) in [6.07, 6.45) is 4.65. The molecule has 0 saturated carbocycles. The number of hydrogen-bond donors (Lipinski definition) is 1. The number of hydrogen-bond acceptors (Lipinski definition) is 1. The Labute approximate surface area is 199 Å². The van der Waals surface area contributed by atoms with E-state index in [1.165, 1.54) is 23.3 Å². The minimum Gasteiger partial charge on any atom is -0.379 e. The van der Waals surface area contributed by atoms with E-state index in [2.05, 4.69) is 49.5 Å². The zero-order chi connectivity index (χ0) is 24.3. The van der Waals surface area contributed by atoms with Crippen molar-refractivity contribution in [3.8, 4) is 0 Å². The highest BCUT2D eigenvalue weighted by Crippen LogP contribution is 2.33. The maximum Gasteiger partial charge on any atom is 0.416 e. The average Bonchev–Trinajstić information content (AvgIpc) is 2.81. The normalized spacial score (nSPS) is 16.4. The molecular formula is C30H28F3N. The number of allylic oxidation sites excluding steroid dienone is 3. The van der Waals surface area contributed by atoms with Crippen molar-refractivity contribution in [3.05, 3.63) is 130 Å². The van der Waals surface area contributed by atoms with Crippen LogP contribution in [0.3, 0.4) is 0 Å². The molecule has 1 aliphatic rings. The standard InChI is InChI=1S/C30H28F3N/c1-20-7-12-24(13-8-20)29(25-5-4-6-26(19-25)30(31,32)33)18-23-10-15-27(16-11-23)34-28-14-9-21(2)22(3)17-28/h4-15,17-19,27,34H,16H2,1-3H3. The van der Waals surface area contributed by atoms with E-state index in [1.807, 2.05) is 43.3 Å². The van der Waals surface area contributed by atoms with Crippen LogP contribution < -0.4 is 5.32 Å². The van der Waals surface area contributed by atoms with Crippen LogP contribution in [0.5, 0.6) is 0 Å². The molecule has 0 bridgehead atoms. The quantitative estimate of drug-likeness (QED) is 0.404. The fourth-order valence-corrected chi connectivity index (χ4v) is 3.99. The van der Waals surface area contributed by atoms with E-state index >= 15 is 0 Å². The van der Waals surface area contributed by atoms with Crippen molar-refractivity contribution in [2.24, 2.45) is 0 Å². The fourth-order valence-electron chi connectivity index (χ4n) is 3.99. The summed E-state index contributed by atoms with van der Waals surface area (Å²) in [5.74, 6) is 0. The predicted octanol–water partition coefficient (Wildman–Crippen LogP) is 8.43. The molecule has 0 aliphatic heterocycles. The Morgan fingerprint density at radius 2 is 1.65 bits per heavy atom. The summed E-state index contributed by atoms with van der Waals surface area (Å²) in [7, 11) is 0. The van der Waals surface area contributed by atoms with Gasteiger partial charge in [-0.1, -0.05) is 66.3 Å². The van der Waals surface area contributed by atoms with E-state index in [0.717, 1.165) is 40.4 Å². The van der Waals surface area contributed by atoms with E-state index in [-0.39, 0.29) is 6.04 Å². The molecule has 1 atom stereocenters. The topological polar surface area (TPSA) is 12.0 Å². The number of rotatable bonds is 5. The van der Waals surface area contributed by atoms with Crippen LogP contribution >= 0.6 is 0 Å². The van der Waals surface area contributed by atoms with Crippen LogP contribution in [0.2, 0.25) is 0 Å². The Morgan fingerprint density at radius 1 is 0.882 bits per heavy atom. The van der Waals surface area contributed by atoms with Crippen LogP contribution in [0, 0.1) is 20.8 Å². The molecule has 0 spiro atoms. The summed E-state index contributed by atoms with van der Waals surface area (Å²) in [5.41, 5.74) is 7.21. The first-order valence-electron chi connectivity index (χ1n) is 11.4. The fraction of sp³-hybridized carbons (Fsp3) is 0.200. The molecule has 1 unspecified atom stereocenters. The lowest BCUT2D eigenvalue weighted by atomic mass is 9.92. The van der Waals surface area contributed by atoms with Gasteiger partial charge in [0.1, 0.15) is 0 Å². The Bertz CT molecular complexity index is 1260. The molecule has 34 heavy (non-hydrogen) atoms. The van der Waals surface area contributed by atoms with Crippen molar-refractivity contribution in [2.75, 3.05) is 5.32 Å². The highest BCUT2D eigenvalue weighted by molar-refractivity contribution is 5.82. The van der Waals surface area contributed by atoms with Gasteiger partial charge in [-0.05, 0) is 90.9 Å². The average molecular weight is 460 g/mol. The lowest BCUT2D eigenvalue weighted by molar-refractivity contribution is -0.137. The Hall–Kier alpha value is -3.53. The van der Waals surface area contributed by atoms with Gasteiger partial charge in [-0.15, -0.1) is 0 Å². The maximum atomic E-state index is 13.4. The summed E-state index contributed by atoms with van der Waals surface area (Å²) in [6, 6.07) is 19.9.